The third-order valence-electron chi connectivity index (χ3n) is 4.99. The molecule has 7 heteroatoms. The Morgan fingerprint density at radius 3 is 2.52 bits per heavy atom. The fraction of sp³-hybridized carbons (Fsp3) is 0.300. The van der Waals surface area contributed by atoms with Crippen molar-refractivity contribution in [2.75, 3.05) is 11.4 Å². The number of nitrogens with zero attached hydrogens (tertiary/aromatic N) is 4. The number of para-hydroxylation sites is 1. The molecular formula is C20H20ClN4O2-. The van der Waals surface area contributed by atoms with Crippen molar-refractivity contribution in [2.45, 2.75) is 32.2 Å². The number of nitro groups is 1. The van der Waals surface area contributed by atoms with E-state index in [4.69, 9.17) is 9.97 Å². The van der Waals surface area contributed by atoms with Crippen LogP contribution >= 0.6 is 0 Å². The summed E-state index contributed by atoms with van der Waals surface area (Å²) in [5.41, 5.74) is 1.75. The smallest absolute Gasteiger partial charge is 0.269 e. The Morgan fingerprint density at radius 1 is 1.07 bits per heavy atom. The summed E-state index contributed by atoms with van der Waals surface area (Å²) in [5, 5.41) is 11.9. The van der Waals surface area contributed by atoms with E-state index in [-0.39, 0.29) is 18.1 Å². The number of aromatic nitrogens is 2. The highest BCUT2D eigenvalue weighted by molar-refractivity contribution is 5.91. The average Bonchev–Trinajstić information content (AvgIpc) is 2.68. The van der Waals surface area contributed by atoms with Crippen LogP contribution in [0.3, 0.4) is 0 Å². The Kier molecular flexibility index (Phi) is 5.56. The van der Waals surface area contributed by atoms with E-state index in [0.29, 0.717) is 11.9 Å². The fourth-order valence-electron chi connectivity index (χ4n) is 3.55. The normalized spacial score (nSPS) is 16.8. The van der Waals surface area contributed by atoms with Gasteiger partial charge in [0.1, 0.15) is 5.82 Å². The number of hydrogen-bond acceptors (Lipinski definition) is 5. The third-order valence-corrected chi connectivity index (χ3v) is 4.99. The highest BCUT2D eigenvalue weighted by Crippen LogP contribution is 2.31. The predicted octanol–water partition coefficient (Wildman–Crippen LogP) is 1.59. The van der Waals surface area contributed by atoms with Crippen molar-refractivity contribution in [3.8, 4) is 11.4 Å². The lowest BCUT2D eigenvalue weighted by Gasteiger charge is -2.35. The second-order valence-electron chi connectivity index (χ2n) is 6.73. The van der Waals surface area contributed by atoms with Gasteiger partial charge in [0.15, 0.2) is 5.82 Å². The molecule has 0 saturated carbocycles. The fourth-order valence-corrected chi connectivity index (χ4v) is 3.55. The second-order valence-corrected chi connectivity index (χ2v) is 6.73. The number of piperidine rings is 1. The van der Waals surface area contributed by atoms with E-state index in [0.717, 1.165) is 41.7 Å². The van der Waals surface area contributed by atoms with E-state index in [1.807, 2.05) is 18.2 Å². The molecule has 1 aromatic heterocycles. The molecule has 4 rings (SSSR count). The summed E-state index contributed by atoms with van der Waals surface area (Å²) >= 11 is 0. The van der Waals surface area contributed by atoms with Gasteiger partial charge in [-0.25, -0.2) is 9.97 Å². The zero-order valence-electron chi connectivity index (χ0n) is 15.0. The molecule has 1 fully saturated rings. The maximum absolute atomic E-state index is 10.9. The molecule has 1 atom stereocenters. The van der Waals surface area contributed by atoms with Gasteiger partial charge in [-0.3, -0.25) is 10.1 Å². The van der Waals surface area contributed by atoms with Crippen molar-refractivity contribution in [3.05, 3.63) is 58.6 Å². The van der Waals surface area contributed by atoms with Crippen molar-refractivity contribution >= 4 is 22.4 Å². The highest BCUT2D eigenvalue weighted by Gasteiger charge is 2.23. The highest BCUT2D eigenvalue weighted by atomic mass is 35.5. The quantitative estimate of drug-likeness (QED) is 0.507. The molecule has 0 N–H and O–H groups in total. The lowest BCUT2D eigenvalue weighted by molar-refractivity contribution is -0.384. The van der Waals surface area contributed by atoms with E-state index in [2.05, 4.69) is 17.9 Å². The number of non-ortho nitro benzene ring substituents is 1. The summed E-state index contributed by atoms with van der Waals surface area (Å²) in [6.45, 7) is 3.23. The lowest BCUT2D eigenvalue weighted by atomic mass is 10.0. The minimum Gasteiger partial charge on any atom is -1.00 e. The van der Waals surface area contributed by atoms with Gasteiger partial charge >= 0.3 is 0 Å². The maximum Gasteiger partial charge on any atom is 0.269 e. The molecule has 1 saturated heterocycles. The Morgan fingerprint density at radius 2 is 1.81 bits per heavy atom. The van der Waals surface area contributed by atoms with Crippen LogP contribution in [-0.4, -0.2) is 27.5 Å². The van der Waals surface area contributed by atoms with E-state index in [1.54, 1.807) is 12.1 Å². The topological polar surface area (TPSA) is 72.2 Å². The zero-order valence-corrected chi connectivity index (χ0v) is 15.8. The Labute approximate surface area is 163 Å². The first-order chi connectivity index (χ1) is 12.6. The molecule has 0 spiro atoms. The maximum atomic E-state index is 10.9. The van der Waals surface area contributed by atoms with Gasteiger partial charge in [0.25, 0.3) is 5.69 Å². The van der Waals surface area contributed by atoms with Gasteiger partial charge in [0.2, 0.25) is 0 Å². The van der Waals surface area contributed by atoms with Gasteiger partial charge in [0, 0.05) is 35.7 Å². The molecule has 0 bridgehead atoms. The standard InChI is InChI=1S/C20H20N4O2.ClH/c1-14-6-4-5-13-23(14)20-17-7-2-3-8-18(17)21-19(22-20)15-9-11-16(12-10-15)24(25)26;/h2-3,7-12,14H,4-6,13H2,1H3;1H/p-1. The molecule has 0 amide bonds. The monoisotopic (exact) mass is 383 g/mol. The van der Waals surface area contributed by atoms with E-state index < -0.39 is 4.92 Å². The number of rotatable bonds is 3. The molecule has 2 aromatic carbocycles. The third kappa shape index (κ3) is 3.71. The lowest BCUT2D eigenvalue weighted by Crippen LogP contribution is -3.00. The summed E-state index contributed by atoms with van der Waals surface area (Å²) in [7, 11) is 0. The summed E-state index contributed by atoms with van der Waals surface area (Å²) in [6, 6.07) is 14.9. The van der Waals surface area contributed by atoms with Gasteiger partial charge in [-0.15, -0.1) is 0 Å². The molecule has 3 aromatic rings. The molecule has 0 aliphatic carbocycles. The summed E-state index contributed by atoms with van der Waals surface area (Å²) in [4.78, 5) is 22.4. The molecule has 2 heterocycles. The Bertz CT molecular complexity index is 962. The summed E-state index contributed by atoms with van der Waals surface area (Å²) in [6.07, 6.45) is 3.57. The average molecular weight is 384 g/mol. The van der Waals surface area contributed by atoms with Crippen LogP contribution in [0, 0.1) is 10.1 Å². The van der Waals surface area contributed by atoms with Crippen molar-refractivity contribution < 1.29 is 17.3 Å². The predicted molar refractivity (Wildman–Crippen MR) is 102 cm³/mol. The molecule has 1 unspecified atom stereocenters. The van der Waals surface area contributed by atoms with Gasteiger partial charge in [0.05, 0.1) is 10.4 Å². The Balaban J connectivity index is 0.00000210. The minimum atomic E-state index is -0.397. The number of benzene rings is 2. The first kappa shape index (κ1) is 19.0. The van der Waals surface area contributed by atoms with E-state index in [1.165, 1.54) is 18.6 Å². The number of hydrogen-bond donors (Lipinski definition) is 0. The van der Waals surface area contributed by atoms with Crippen LogP contribution < -0.4 is 17.3 Å². The first-order valence-corrected chi connectivity index (χ1v) is 8.92. The van der Waals surface area contributed by atoms with Gasteiger partial charge in [-0.05, 0) is 50.5 Å². The zero-order chi connectivity index (χ0) is 18.1. The van der Waals surface area contributed by atoms with Crippen LogP contribution in [-0.2, 0) is 0 Å². The molecule has 1 aliphatic heterocycles. The van der Waals surface area contributed by atoms with Crippen LogP contribution in [0.5, 0.6) is 0 Å². The van der Waals surface area contributed by atoms with Crippen molar-refractivity contribution in [2.24, 2.45) is 0 Å². The van der Waals surface area contributed by atoms with Crippen molar-refractivity contribution in [1.82, 2.24) is 9.97 Å². The first-order valence-electron chi connectivity index (χ1n) is 8.92. The molecule has 1 aliphatic rings. The van der Waals surface area contributed by atoms with E-state index in [9.17, 15) is 10.1 Å². The SMILES string of the molecule is CC1CCCCN1c1nc(-c2ccc([N+](=O)[O-])cc2)nc2ccccc12.[Cl-]. The van der Waals surface area contributed by atoms with E-state index >= 15 is 0 Å². The number of halogens is 1. The van der Waals surface area contributed by atoms with Crippen LogP contribution in [0.2, 0.25) is 0 Å². The summed E-state index contributed by atoms with van der Waals surface area (Å²) < 4.78 is 0. The van der Waals surface area contributed by atoms with Gasteiger partial charge in [-0.1, -0.05) is 12.1 Å². The molecule has 140 valence electrons. The van der Waals surface area contributed by atoms with Crippen LogP contribution in [0.4, 0.5) is 11.5 Å². The molecule has 6 nitrogen and oxygen atoms in total. The summed E-state index contributed by atoms with van der Waals surface area (Å²) in [5.74, 6) is 1.56. The number of anilines is 1. The minimum absolute atomic E-state index is 0. The largest absolute Gasteiger partial charge is 1.00 e. The van der Waals surface area contributed by atoms with Crippen LogP contribution in [0.1, 0.15) is 26.2 Å². The Hall–Kier alpha value is -2.73. The van der Waals surface area contributed by atoms with Gasteiger partial charge in [-0.2, -0.15) is 0 Å². The number of fused-ring (bicyclic) bond motifs is 1. The van der Waals surface area contributed by atoms with Crippen LogP contribution in [0.25, 0.3) is 22.3 Å². The number of nitro benzene ring substituents is 1. The van der Waals surface area contributed by atoms with Gasteiger partial charge < -0.3 is 17.3 Å². The molecule has 0 radical (unpaired) electrons. The molecule has 27 heavy (non-hydrogen) atoms. The molecular weight excluding hydrogens is 364 g/mol. The van der Waals surface area contributed by atoms with Crippen molar-refractivity contribution in [1.29, 1.82) is 0 Å². The second kappa shape index (κ2) is 7.88. The van der Waals surface area contributed by atoms with Crippen molar-refractivity contribution in [3.63, 3.8) is 0 Å². The van der Waals surface area contributed by atoms with Crippen LogP contribution in [0.15, 0.2) is 48.5 Å².